The Kier molecular flexibility index (Phi) is 3.08. The first-order valence-corrected chi connectivity index (χ1v) is 5.12. The Balaban J connectivity index is 2.32. The highest BCUT2D eigenvalue weighted by molar-refractivity contribution is 7.99. The zero-order valence-electron chi connectivity index (χ0n) is 7.68. The fourth-order valence-corrected chi connectivity index (χ4v) is 1.95. The van der Waals surface area contributed by atoms with Gasteiger partial charge in [0.25, 0.3) is 5.22 Å². The van der Waals surface area contributed by atoms with Crippen molar-refractivity contribution in [3.05, 3.63) is 23.9 Å². The smallest absolute Gasteiger partial charge is 0.262 e. The van der Waals surface area contributed by atoms with Crippen molar-refractivity contribution in [3.63, 3.8) is 0 Å². The summed E-state index contributed by atoms with van der Waals surface area (Å²) < 4.78 is 10.1. The normalized spacial score (nSPS) is 10.3. The van der Waals surface area contributed by atoms with Crippen molar-refractivity contribution in [2.45, 2.75) is 10.2 Å². The van der Waals surface area contributed by atoms with E-state index in [0.717, 1.165) is 0 Å². The molecule has 0 aliphatic rings. The first-order valence-electron chi connectivity index (χ1n) is 3.93. The number of ether oxygens (including phenoxy) is 1. The van der Waals surface area contributed by atoms with Crippen LogP contribution >= 0.6 is 23.4 Å². The predicted octanol–water partition coefficient (Wildman–Crippen LogP) is 2.28. The first-order chi connectivity index (χ1) is 7.31. The minimum atomic E-state index is 0.265. The second-order valence-corrected chi connectivity index (χ2v) is 3.70. The number of nitrogens with zero attached hydrogens (tertiary/aromatic N) is 3. The van der Waals surface area contributed by atoms with Crippen LogP contribution in [0.15, 0.2) is 33.5 Å². The van der Waals surface area contributed by atoms with Crippen molar-refractivity contribution in [3.8, 4) is 5.75 Å². The summed E-state index contributed by atoms with van der Waals surface area (Å²) in [5, 5.41) is 1.31. The molecule has 0 radical (unpaired) electrons. The van der Waals surface area contributed by atoms with Gasteiger partial charge in [-0.05, 0) is 11.8 Å². The lowest BCUT2D eigenvalue weighted by Crippen LogP contribution is -1.92. The molecule has 15 heavy (non-hydrogen) atoms. The summed E-state index contributed by atoms with van der Waals surface area (Å²) in [6, 6.07) is 0. The van der Waals surface area contributed by atoms with E-state index >= 15 is 0 Å². The maximum absolute atomic E-state index is 5.83. The molecule has 7 heteroatoms. The quantitative estimate of drug-likeness (QED) is 0.771. The van der Waals surface area contributed by atoms with Gasteiger partial charge in [0.15, 0.2) is 15.9 Å². The molecule has 5 nitrogen and oxygen atoms in total. The van der Waals surface area contributed by atoms with Crippen LogP contribution in [-0.2, 0) is 0 Å². The molecule has 0 aromatic carbocycles. The number of methoxy groups -OCH3 is 1. The third-order valence-electron chi connectivity index (χ3n) is 1.53. The molecule has 2 aromatic heterocycles. The third kappa shape index (κ3) is 2.21. The van der Waals surface area contributed by atoms with E-state index in [-0.39, 0.29) is 5.15 Å². The number of halogens is 1. The standard InChI is InChI=1S/C8H6ClN3O2S/c1-13-5-6(9)11-4-12-7(5)15-8-10-2-3-14-8/h2-4H,1H3. The minimum absolute atomic E-state index is 0.265. The van der Waals surface area contributed by atoms with Gasteiger partial charge in [0.05, 0.1) is 13.3 Å². The number of hydrogen-bond donors (Lipinski definition) is 0. The monoisotopic (exact) mass is 243 g/mol. The van der Waals surface area contributed by atoms with E-state index < -0.39 is 0 Å². The van der Waals surface area contributed by atoms with Crippen molar-refractivity contribution in [2.24, 2.45) is 0 Å². The van der Waals surface area contributed by atoms with Crippen LogP contribution in [0, 0.1) is 0 Å². The van der Waals surface area contributed by atoms with E-state index in [1.165, 1.54) is 31.5 Å². The zero-order valence-corrected chi connectivity index (χ0v) is 9.25. The lowest BCUT2D eigenvalue weighted by atomic mass is 10.6. The highest BCUT2D eigenvalue weighted by atomic mass is 35.5. The van der Waals surface area contributed by atoms with Gasteiger partial charge in [0.2, 0.25) is 0 Å². The summed E-state index contributed by atoms with van der Waals surface area (Å²) in [4.78, 5) is 11.8. The predicted molar refractivity (Wildman–Crippen MR) is 54.2 cm³/mol. The van der Waals surface area contributed by atoms with E-state index in [9.17, 15) is 0 Å². The Morgan fingerprint density at radius 3 is 2.93 bits per heavy atom. The van der Waals surface area contributed by atoms with Crippen LogP contribution in [0.5, 0.6) is 5.75 Å². The van der Waals surface area contributed by atoms with Crippen LogP contribution in [0.25, 0.3) is 0 Å². The molecule has 0 aliphatic heterocycles. The Labute approximate surface area is 94.8 Å². The summed E-state index contributed by atoms with van der Waals surface area (Å²) >= 11 is 7.05. The second-order valence-electron chi connectivity index (χ2n) is 2.40. The molecule has 0 N–H and O–H groups in total. The molecule has 0 atom stereocenters. The van der Waals surface area contributed by atoms with Crippen molar-refractivity contribution in [2.75, 3.05) is 7.11 Å². The summed E-state index contributed by atoms with van der Waals surface area (Å²) in [5.41, 5.74) is 0. The average Bonchev–Trinajstić information content (AvgIpc) is 2.71. The molecule has 78 valence electrons. The molecule has 0 aliphatic carbocycles. The van der Waals surface area contributed by atoms with Gasteiger partial charge in [-0.2, -0.15) is 0 Å². The van der Waals surface area contributed by atoms with E-state index in [2.05, 4.69) is 15.0 Å². The molecule has 2 aromatic rings. The van der Waals surface area contributed by atoms with Gasteiger partial charge < -0.3 is 9.15 Å². The zero-order chi connectivity index (χ0) is 10.7. The fraction of sp³-hybridized carbons (Fsp3) is 0.125. The molecular formula is C8H6ClN3O2S. The molecule has 0 bridgehead atoms. The van der Waals surface area contributed by atoms with Crippen LogP contribution in [0.2, 0.25) is 5.15 Å². The Hall–Kier alpha value is -1.27. The lowest BCUT2D eigenvalue weighted by Gasteiger charge is -2.05. The number of hydrogen-bond acceptors (Lipinski definition) is 6. The Morgan fingerprint density at radius 2 is 2.27 bits per heavy atom. The van der Waals surface area contributed by atoms with Gasteiger partial charge in [-0.15, -0.1) is 0 Å². The molecule has 2 rings (SSSR count). The number of oxazole rings is 1. The van der Waals surface area contributed by atoms with E-state index in [0.29, 0.717) is 16.0 Å². The topological polar surface area (TPSA) is 61.0 Å². The highest BCUT2D eigenvalue weighted by Gasteiger charge is 2.13. The van der Waals surface area contributed by atoms with Crippen LogP contribution in [0.4, 0.5) is 0 Å². The van der Waals surface area contributed by atoms with E-state index in [1.807, 2.05) is 0 Å². The first kappa shape index (κ1) is 10.3. The highest BCUT2D eigenvalue weighted by Crippen LogP contribution is 2.35. The molecule has 0 saturated carbocycles. The van der Waals surface area contributed by atoms with Gasteiger partial charge in [0.1, 0.15) is 12.6 Å². The van der Waals surface area contributed by atoms with Crippen LogP contribution in [-0.4, -0.2) is 22.1 Å². The van der Waals surface area contributed by atoms with Crippen molar-refractivity contribution in [1.82, 2.24) is 15.0 Å². The molecule has 0 amide bonds. The fourth-order valence-electron chi connectivity index (χ4n) is 0.925. The van der Waals surface area contributed by atoms with Gasteiger partial charge in [-0.25, -0.2) is 15.0 Å². The van der Waals surface area contributed by atoms with Gasteiger partial charge >= 0.3 is 0 Å². The molecular weight excluding hydrogens is 238 g/mol. The molecule has 0 saturated heterocycles. The summed E-state index contributed by atoms with van der Waals surface area (Å²) in [6.07, 6.45) is 4.39. The molecule has 0 fully saturated rings. The number of aromatic nitrogens is 3. The second kappa shape index (κ2) is 4.50. The van der Waals surface area contributed by atoms with Gasteiger partial charge in [-0.1, -0.05) is 11.6 Å². The van der Waals surface area contributed by atoms with Crippen LogP contribution in [0.3, 0.4) is 0 Å². The molecule has 2 heterocycles. The van der Waals surface area contributed by atoms with Gasteiger partial charge in [-0.3, -0.25) is 0 Å². The van der Waals surface area contributed by atoms with Crippen molar-refractivity contribution in [1.29, 1.82) is 0 Å². The van der Waals surface area contributed by atoms with Crippen molar-refractivity contribution >= 4 is 23.4 Å². The third-order valence-corrected chi connectivity index (χ3v) is 2.66. The maximum atomic E-state index is 5.83. The van der Waals surface area contributed by atoms with E-state index in [1.54, 1.807) is 6.20 Å². The minimum Gasteiger partial charge on any atom is -0.491 e. The Bertz CT molecular complexity index is 449. The largest absolute Gasteiger partial charge is 0.491 e. The molecule has 0 spiro atoms. The summed E-state index contributed by atoms with van der Waals surface area (Å²) in [6.45, 7) is 0. The average molecular weight is 244 g/mol. The Morgan fingerprint density at radius 1 is 1.40 bits per heavy atom. The molecule has 0 unspecified atom stereocenters. The van der Waals surface area contributed by atoms with Crippen LogP contribution < -0.4 is 4.74 Å². The van der Waals surface area contributed by atoms with Crippen molar-refractivity contribution < 1.29 is 9.15 Å². The van der Waals surface area contributed by atoms with Gasteiger partial charge in [0, 0.05) is 0 Å². The SMILES string of the molecule is COc1c(Cl)ncnc1Sc1ncco1. The summed E-state index contributed by atoms with van der Waals surface area (Å²) in [5.74, 6) is 0.419. The van der Waals surface area contributed by atoms with Crippen LogP contribution in [0.1, 0.15) is 0 Å². The maximum Gasteiger partial charge on any atom is 0.262 e. The number of rotatable bonds is 3. The summed E-state index contributed by atoms with van der Waals surface area (Å²) in [7, 11) is 1.50. The van der Waals surface area contributed by atoms with E-state index in [4.69, 9.17) is 20.8 Å². The lowest BCUT2D eigenvalue weighted by molar-refractivity contribution is 0.397.